The second-order valence-corrected chi connectivity index (χ2v) is 5.28. The van der Waals surface area contributed by atoms with Crippen molar-refractivity contribution in [2.75, 3.05) is 0 Å². The van der Waals surface area contributed by atoms with Gasteiger partial charge < -0.3 is 4.74 Å². The van der Waals surface area contributed by atoms with Crippen molar-refractivity contribution in [2.24, 2.45) is 0 Å². The van der Waals surface area contributed by atoms with Crippen molar-refractivity contribution in [3.05, 3.63) is 24.5 Å². The van der Waals surface area contributed by atoms with Gasteiger partial charge in [-0.05, 0) is 38.2 Å². The number of allylic oxidation sites excluding steroid dienone is 3. The summed E-state index contributed by atoms with van der Waals surface area (Å²) in [6, 6.07) is 0. The third-order valence-electron chi connectivity index (χ3n) is 3.47. The first-order chi connectivity index (χ1) is 9.39. The molecule has 1 aliphatic heterocycles. The lowest BCUT2D eigenvalue weighted by Crippen LogP contribution is -2.01. The summed E-state index contributed by atoms with van der Waals surface area (Å²) in [6.07, 6.45) is 23.6. The molecule has 0 radical (unpaired) electrons. The predicted octanol–water partition coefficient (Wildman–Crippen LogP) is 5.29. The molecule has 0 aromatic heterocycles. The first-order valence-corrected chi connectivity index (χ1v) is 7.89. The predicted molar refractivity (Wildman–Crippen MR) is 79.8 cm³/mol. The van der Waals surface area contributed by atoms with Gasteiger partial charge in [-0.15, -0.1) is 0 Å². The Bertz CT molecular complexity index is 265. The zero-order chi connectivity index (χ0) is 13.6. The van der Waals surface area contributed by atoms with Crippen LogP contribution >= 0.6 is 0 Å². The standard InChI is InChI=1S/C12H22.C5H6O2/c1-2-4-6-8-10-12-11-9-7-5-3-1;6-5-3-1-2-4-7-5/h1-2H,3-12H2;2,4H,1,3H2. The van der Waals surface area contributed by atoms with Crippen LogP contribution in [0.1, 0.15) is 77.0 Å². The molecule has 1 aliphatic carbocycles. The summed E-state index contributed by atoms with van der Waals surface area (Å²) in [5, 5.41) is 0. The Morgan fingerprint density at radius 3 is 1.58 bits per heavy atom. The minimum Gasteiger partial charge on any atom is -0.435 e. The fraction of sp³-hybridized carbons (Fsp3) is 0.706. The van der Waals surface area contributed by atoms with E-state index in [1.165, 1.54) is 70.5 Å². The first-order valence-electron chi connectivity index (χ1n) is 7.89. The molecular weight excluding hydrogens is 236 g/mol. The third kappa shape index (κ3) is 10.5. The SMILES string of the molecule is C1=CCCCCCCCCCC1.O=C1CCC=CO1. The molecule has 0 amide bonds. The van der Waals surface area contributed by atoms with Crippen molar-refractivity contribution in [1.82, 2.24) is 0 Å². The van der Waals surface area contributed by atoms with Crippen molar-refractivity contribution in [3.63, 3.8) is 0 Å². The Labute approximate surface area is 117 Å². The van der Waals surface area contributed by atoms with E-state index >= 15 is 0 Å². The summed E-state index contributed by atoms with van der Waals surface area (Å²) < 4.78 is 4.46. The van der Waals surface area contributed by atoms with E-state index < -0.39 is 0 Å². The van der Waals surface area contributed by atoms with Gasteiger partial charge in [-0.2, -0.15) is 0 Å². The first kappa shape index (κ1) is 16.0. The van der Waals surface area contributed by atoms with Crippen LogP contribution in [0, 0.1) is 0 Å². The number of carbonyl (C=O) groups is 1. The summed E-state index contributed by atoms with van der Waals surface area (Å²) in [5.41, 5.74) is 0. The zero-order valence-electron chi connectivity index (χ0n) is 12.1. The van der Waals surface area contributed by atoms with Gasteiger partial charge in [0.1, 0.15) is 0 Å². The lowest BCUT2D eigenvalue weighted by molar-refractivity contribution is -0.138. The van der Waals surface area contributed by atoms with Crippen molar-refractivity contribution < 1.29 is 9.53 Å². The molecular formula is C17H28O2. The molecule has 0 unspecified atom stereocenters. The van der Waals surface area contributed by atoms with Crippen molar-refractivity contribution in [1.29, 1.82) is 0 Å². The average molecular weight is 264 g/mol. The van der Waals surface area contributed by atoms with Gasteiger partial charge in [0.25, 0.3) is 0 Å². The van der Waals surface area contributed by atoms with E-state index in [1.54, 1.807) is 0 Å². The van der Waals surface area contributed by atoms with Gasteiger partial charge >= 0.3 is 5.97 Å². The summed E-state index contributed by atoms with van der Waals surface area (Å²) >= 11 is 0. The highest BCUT2D eigenvalue weighted by Crippen LogP contribution is 2.12. The van der Waals surface area contributed by atoms with Gasteiger partial charge in [0, 0.05) is 6.42 Å². The summed E-state index contributed by atoms with van der Waals surface area (Å²) in [7, 11) is 0. The van der Waals surface area contributed by atoms with E-state index in [0.717, 1.165) is 6.42 Å². The fourth-order valence-electron chi connectivity index (χ4n) is 2.27. The average Bonchev–Trinajstić information content (AvgIpc) is 2.41. The smallest absolute Gasteiger partial charge is 0.310 e. The van der Waals surface area contributed by atoms with Gasteiger partial charge in [-0.25, -0.2) is 0 Å². The van der Waals surface area contributed by atoms with E-state index in [9.17, 15) is 4.79 Å². The Balaban J connectivity index is 0.000000218. The molecule has 0 spiro atoms. The number of hydrogen-bond acceptors (Lipinski definition) is 2. The Morgan fingerprint density at radius 2 is 1.21 bits per heavy atom. The van der Waals surface area contributed by atoms with Crippen LogP contribution < -0.4 is 0 Å². The van der Waals surface area contributed by atoms with Gasteiger partial charge in [-0.3, -0.25) is 4.79 Å². The minimum atomic E-state index is -0.123. The fourth-order valence-corrected chi connectivity index (χ4v) is 2.27. The van der Waals surface area contributed by atoms with Crippen LogP contribution in [0.3, 0.4) is 0 Å². The van der Waals surface area contributed by atoms with Crippen molar-refractivity contribution in [3.8, 4) is 0 Å². The minimum absolute atomic E-state index is 0.123. The van der Waals surface area contributed by atoms with Crippen molar-refractivity contribution >= 4 is 5.97 Å². The third-order valence-corrected chi connectivity index (χ3v) is 3.47. The topological polar surface area (TPSA) is 26.3 Å². The molecule has 0 saturated carbocycles. The lowest BCUT2D eigenvalue weighted by Gasteiger charge is -2.02. The van der Waals surface area contributed by atoms with E-state index in [4.69, 9.17) is 0 Å². The van der Waals surface area contributed by atoms with Crippen LogP contribution in [0.15, 0.2) is 24.5 Å². The number of hydrogen-bond donors (Lipinski definition) is 0. The highest BCUT2D eigenvalue weighted by Gasteiger charge is 2.01. The normalized spacial score (nSPS) is 21.4. The van der Waals surface area contributed by atoms with Gasteiger partial charge in [-0.1, -0.05) is 50.7 Å². The molecule has 0 saturated heterocycles. The molecule has 0 N–H and O–H groups in total. The molecule has 1 heterocycles. The van der Waals surface area contributed by atoms with Gasteiger partial charge in [0.05, 0.1) is 6.26 Å². The monoisotopic (exact) mass is 264 g/mol. The molecule has 0 aromatic carbocycles. The van der Waals surface area contributed by atoms with Crippen LogP contribution in [0.5, 0.6) is 0 Å². The summed E-state index contributed by atoms with van der Waals surface area (Å²) in [5.74, 6) is -0.123. The molecule has 0 bridgehead atoms. The maximum absolute atomic E-state index is 10.2. The molecule has 2 rings (SSSR count). The number of esters is 1. The number of ether oxygens (including phenoxy) is 1. The molecule has 0 fully saturated rings. The van der Waals surface area contributed by atoms with Crippen LogP contribution in [-0.4, -0.2) is 5.97 Å². The van der Waals surface area contributed by atoms with E-state index in [1.807, 2.05) is 6.08 Å². The van der Waals surface area contributed by atoms with Crippen LogP contribution in [-0.2, 0) is 9.53 Å². The van der Waals surface area contributed by atoms with E-state index in [2.05, 4.69) is 16.9 Å². The van der Waals surface area contributed by atoms with Crippen LogP contribution in [0.25, 0.3) is 0 Å². The molecule has 108 valence electrons. The van der Waals surface area contributed by atoms with Crippen LogP contribution in [0.2, 0.25) is 0 Å². The second kappa shape index (κ2) is 12.0. The maximum atomic E-state index is 10.2. The molecule has 2 heteroatoms. The molecule has 0 aromatic rings. The van der Waals surface area contributed by atoms with E-state index in [0.29, 0.717) is 6.42 Å². The van der Waals surface area contributed by atoms with Gasteiger partial charge in [0.2, 0.25) is 0 Å². The largest absolute Gasteiger partial charge is 0.435 e. The molecule has 0 atom stereocenters. The Morgan fingerprint density at radius 1 is 0.684 bits per heavy atom. The maximum Gasteiger partial charge on any atom is 0.310 e. The molecule has 2 nitrogen and oxygen atoms in total. The van der Waals surface area contributed by atoms with E-state index in [-0.39, 0.29) is 5.97 Å². The van der Waals surface area contributed by atoms with Crippen LogP contribution in [0.4, 0.5) is 0 Å². The zero-order valence-corrected chi connectivity index (χ0v) is 12.1. The number of cyclic esters (lactones) is 1. The number of rotatable bonds is 0. The highest BCUT2D eigenvalue weighted by atomic mass is 16.5. The lowest BCUT2D eigenvalue weighted by atomic mass is 10.0. The van der Waals surface area contributed by atoms with Gasteiger partial charge in [0.15, 0.2) is 0 Å². The van der Waals surface area contributed by atoms with Crippen molar-refractivity contribution in [2.45, 2.75) is 77.0 Å². The Kier molecular flexibility index (Phi) is 10.1. The Hall–Kier alpha value is -1.05. The summed E-state index contributed by atoms with van der Waals surface area (Å²) in [4.78, 5) is 10.2. The summed E-state index contributed by atoms with van der Waals surface area (Å²) in [6.45, 7) is 0. The highest BCUT2D eigenvalue weighted by molar-refractivity contribution is 5.70. The number of carbonyl (C=O) groups excluding carboxylic acids is 1. The molecule has 19 heavy (non-hydrogen) atoms. The second-order valence-electron chi connectivity index (χ2n) is 5.28. The quantitative estimate of drug-likeness (QED) is 0.438. The molecule has 2 aliphatic rings.